The van der Waals surface area contributed by atoms with Crippen LogP contribution in [0, 0.1) is 0 Å². The van der Waals surface area contributed by atoms with Crippen LogP contribution in [0.4, 0.5) is 0 Å². The van der Waals surface area contributed by atoms with Gasteiger partial charge in [-0.05, 0) is 43.9 Å². The first-order valence-corrected chi connectivity index (χ1v) is 9.80. The normalized spacial score (nSPS) is 17.8. The van der Waals surface area contributed by atoms with Gasteiger partial charge in [0.25, 0.3) is 0 Å². The predicted octanol–water partition coefficient (Wildman–Crippen LogP) is 5.32. The van der Waals surface area contributed by atoms with E-state index < -0.39 is 0 Å². The lowest BCUT2D eigenvalue weighted by atomic mass is 10.0. The van der Waals surface area contributed by atoms with Gasteiger partial charge in [0, 0.05) is 22.1 Å². The zero-order valence-corrected chi connectivity index (χ0v) is 14.7. The zero-order chi connectivity index (χ0) is 14.9. The minimum atomic E-state index is 0.539. The average Bonchev–Trinajstić information content (AvgIpc) is 2.53. The quantitative estimate of drug-likeness (QED) is 0.694. The Balaban J connectivity index is 1.86. The number of rotatable bonds is 8. The number of nitrogens with one attached hydrogen (secondary N) is 1. The maximum atomic E-state index is 6.32. The third kappa shape index (κ3) is 6.22. The Morgan fingerprint density at radius 1 is 1.24 bits per heavy atom. The second kappa shape index (κ2) is 9.76. The molecule has 118 valence electrons. The van der Waals surface area contributed by atoms with E-state index in [9.17, 15) is 0 Å². The van der Waals surface area contributed by atoms with Crippen molar-refractivity contribution in [1.29, 1.82) is 0 Å². The molecule has 0 aromatic heterocycles. The molecule has 0 bridgehead atoms. The summed E-state index contributed by atoms with van der Waals surface area (Å²) in [6.45, 7) is 3.33. The molecule has 1 atom stereocenters. The van der Waals surface area contributed by atoms with Crippen LogP contribution in [0.3, 0.4) is 0 Å². The third-order valence-electron chi connectivity index (χ3n) is 4.19. The molecule has 3 heteroatoms. The molecule has 0 heterocycles. The van der Waals surface area contributed by atoms with Crippen molar-refractivity contribution in [1.82, 2.24) is 5.32 Å². The molecular weight excluding hydrogens is 298 g/mol. The van der Waals surface area contributed by atoms with Crippen LogP contribution >= 0.6 is 23.4 Å². The van der Waals surface area contributed by atoms with E-state index in [2.05, 4.69) is 36.1 Å². The molecule has 1 N–H and O–H groups in total. The molecule has 1 aliphatic carbocycles. The molecule has 1 aliphatic rings. The number of hydrogen-bond donors (Lipinski definition) is 1. The molecule has 1 aromatic carbocycles. The third-order valence-corrected chi connectivity index (χ3v) is 6.10. The zero-order valence-electron chi connectivity index (χ0n) is 13.1. The van der Waals surface area contributed by atoms with Crippen LogP contribution in [0.2, 0.25) is 5.02 Å². The van der Waals surface area contributed by atoms with Gasteiger partial charge in [-0.25, -0.2) is 0 Å². The summed E-state index contributed by atoms with van der Waals surface area (Å²) in [7, 11) is 0. The van der Waals surface area contributed by atoms with Crippen LogP contribution in [0.25, 0.3) is 0 Å². The van der Waals surface area contributed by atoms with Gasteiger partial charge in [-0.3, -0.25) is 0 Å². The number of halogens is 1. The highest BCUT2D eigenvalue weighted by Crippen LogP contribution is 2.29. The Labute approximate surface area is 139 Å². The fraction of sp³-hybridized carbons (Fsp3) is 0.667. The summed E-state index contributed by atoms with van der Waals surface area (Å²) >= 11 is 8.49. The molecular formula is C18H28ClNS. The van der Waals surface area contributed by atoms with Crippen LogP contribution in [0.5, 0.6) is 0 Å². The van der Waals surface area contributed by atoms with Gasteiger partial charge in [-0.15, -0.1) is 0 Å². The van der Waals surface area contributed by atoms with Crippen LogP contribution in [-0.4, -0.2) is 23.6 Å². The van der Waals surface area contributed by atoms with Gasteiger partial charge >= 0.3 is 0 Å². The summed E-state index contributed by atoms with van der Waals surface area (Å²) in [5.41, 5.74) is 1.28. The lowest BCUT2D eigenvalue weighted by Crippen LogP contribution is -2.34. The molecule has 1 fully saturated rings. The average molecular weight is 326 g/mol. The highest BCUT2D eigenvalue weighted by Gasteiger charge is 2.17. The molecule has 0 saturated heterocycles. The lowest BCUT2D eigenvalue weighted by molar-refractivity contribution is 0.511. The Morgan fingerprint density at radius 3 is 2.71 bits per heavy atom. The van der Waals surface area contributed by atoms with E-state index in [1.807, 2.05) is 12.1 Å². The summed E-state index contributed by atoms with van der Waals surface area (Å²) in [5, 5.41) is 5.50. The molecule has 0 amide bonds. The maximum absolute atomic E-state index is 6.32. The highest BCUT2D eigenvalue weighted by molar-refractivity contribution is 7.99. The maximum Gasteiger partial charge on any atom is 0.0438 e. The molecule has 21 heavy (non-hydrogen) atoms. The summed E-state index contributed by atoms with van der Waals surface area (Å²) in [6, 6.07) is 8.80. The van der Waals surface area contributed by atoms with Crippen LogP contribution in [-0.2, 0) is 6.42 Å². The van der Waals surface area contributed by atoms with Crippen molar-refractivity contribution in [2.24, 2.45) is 0 Å². The van der Waals surface area contributed by atoms with E-state index in [1.54, 1.807) is 0 Å². The SMILES string of the molecule is CCCNC(CSC1CCCCC1)Cc1ccccc1Cl. The molecule has 1 unspecified atom stereocenters. The molecule has 1 aromatic rings. The first kappa shape index (κ1) is 17.2. The van der Waals surface area contributed by atoms with Crippen LogP contribution < -0.4 is 5.32 Å². The fourth-order valence-corrected chi connectivity index (χ4v) is 4.57. The van der Waals surface area contributed by atoms with Gasteiger partial charge in [-0.1, -0.05) is 56.0 Å². The fourth-order valence-electron chi connectivity index (χ4n) is 2.95. The Morgan fingerprint density at radius 2 is 2.00 bits per heavy atom. The second-order valence-electron chi connectivity index (χ2n) is 6.04. The van der Waals surface area contributed by atoms with Crippen molar-refractivity contribution in [2.75, 3.05) is 12.3 Å². The summed E-state index contributed by atoms with van der Waals surface area (Å²) in [6.07, 6.45) is 9.35. The minimum Gasteiger partial charge on any atom is -0.313 e. The van der Waals surface area contributed by atoms with Gasteiger partial charge < -0.3 is 5.32 Å². The lowest BCUT2D eigenvalue weighted by Gasteiger charge is -2.25. The van der Waals surface area contributed by atoms with Gasteiger partial charge in [0.15, 0.2) is 0 Å². The van der Waals surface area contributed by atoms with E-state index in [0.29, 0.717) is 6.04 Å². The van der Waals surface area contributed by atoms with Crippen molar-refractivity contribution >= 4 is 23.4 Å². The Hall–Kier alpha value is -0.180. The summed E-state index contributed by atoms with van der Waals surface area (Å²) < 4.78 is 0. The first-order chi connectivity index (χ1) is 10.3. The molecule has 1 saturated carbocycles. The highest BCUT2D eigenvalue weighted by atomic mass is 35.5. The van der Waals surface area contributed by atoms with Gasteiger partial charge in [0.1, 0.15) is 0 Å². The van der Waals surface area contributed by atoms with Crippen LogP contribution in [0.15, 0.2) is 24.3 Å². The van der Waals surface area contributed by atoms with Crippen LogP contribution in [0.1, 0.15) is 51.0 Å². The largest absolute Gasteiger partial charge is 0.313 e. The smallest absolute Gasteiger partial charge is 0.0438 e. The summed E-state index contributed by atoms with van der Waals surface area (Å²) in [5.74, 6) is 1.20. The van der Waals surface area contributed by atoms with Gasteiger partial charge in [-0.2, -0.15) is 11.8 Å². The van der Waals surface area contributed by atoms with E-state index in [1.165, 1.54) is 49.8 Å². The molecule has 2 rings (SSSR count). The molecule has 0 aliphatic heterocycles. The summed E-state index contributed by atoms with van der Waals surface area (Å²) in [4.78, 5) is 0. The van der Waals surface area contributed by atoms with Gasteiger partial charge in [0.2, 0.25) is 0 Å². The van der Waals surface area contributed by atoms with E-state index in [0.717, 1.165) is 23.2 Å². The Kier molecular flexibility index (Phi) is 7.98. The first-order valence-electron chi connectivity index (χ1n) is 8.38. The minimum absolute atomic E-state index is 0.539. The topological polar surface area (TPSA) is 12.0 Å². The second-order valence-corrected chi connectivity index (χ2v) is 7.78. The van der Waals surface area contributed by atoms with Crippen molar-refractivity contribution in [3.8, 4) is 0 Å². The molecule has 0 spiro atoms. The van der Waals surface area contributed by atoms with E-state index in [-0.39, 0.29) is 0 Å². The molecule has 1 nitrogen and oxygen atoms in total. The monoisotopic (exact) mass is 325 g/mol. The van der Waals surface area contributed by atoms with E-state index >= 15 is 0 Å². The predicted molar refractivity (Wildman–Crippen MR) is 96.6 cm³/mol. The molecule has 0 radical (unpaired) electrons. The number of thioether (sulfide) groups is 1. The van der Waals surface area contributed by atoms with Crippen molar-refractivity contribution in [3.63, 3.8) is 0 Å². The standard InChI is InChI=1S/C18H28ClNS/c1-2-12-20-16(13-15-8-6-7-11-18(15)19)14-21-17-9-4-3-5-10-17/h6-8,11,16-17,20H,2-5,9-10,12-14H2,1H3. The number of hydrogen-bond acceptors (Lipinski definition) is 2. The number of benzene rings is 1. The van der Waals surface area contributed by atoms with Crippen molar-refractivity contribution in [2.45, 2.75) is 63.2 Å². The van der Waals surface area contributed by atoms with Crippen molar-refractivity contribution in [3.05, 3.63) is 34.9 Å². The van der Waals surface area contributed by atoms with Crippen molar-refractivity contribution < 1.29 is 0 Å². The van der Waals surface area contributed by atoms with E-state index in [4.69, 9.17) is 11.6 Å². The van der Waals surface area contributed by atoms with Gasteiger partial charge in [0.05, 0.1) is 0 Å². The Bertz CT molecular complexity index is 404.